The average molecular weight is 435 g/mol. The largest absolute Gasteiger partial charge is 0.497 e. The molecule has 0 aliphatic rings. The van der Waals surface area contributed by atoms with Crippen molar-refractivity contribution >= 4 is 63.9 Å². The summed E-state index contributed by atoms with van der Waals surface area (Å²) in [4.78, 5) is 24.3. The van der Waals surface area contributed by atoms with Gasteiger partial charge in [-0.1, -0.05) is 11.6 Å². The van der Waals surface area contributed by atoms with Crippen molar-refractivity contribution in [3.63, 3.8) is 0 Å². The van der Waals surface area contributed by atoms with Crippen LogP contribution in [0.15, 0.2) is 42.5 Å². The molecule has 1 aromatic heterocycles. The Morgan fingerprint density at radius 3 is 2.17 bits per heavy atom. The molecule has 0 spiro atoms. The van der Waals surface area contributed by atoms with E-state index in [1.807, 2.05) is 0 Å². The van der Waals surface area contributed by atoms with Crippen LogP contribution in [0.2, 0.25) is 5.02 Å². The van der Waals surface area contributed by atoms with Crippen LogP contribution in [0.5, 0.6) is 5.75 Å². The predicted molar refractivity (Wildman–Crippen MR) is 112 cm³/mol. The van der Waals surface area contributed by atoms with Crippen LogP contribution in [-0.4, -0.2) is 74.6 Å². The Balaban J connectivity index is 0. The number of carboxylic acid groups (broad SMARTS) is 1. The van der Waals surface area contributed by atoms with Gasteiger partial charge in [-0.3, -0.25) is 14.2 Å². The zero-order valence-electron chi connectivity index (χ0n) is 16.2. The number of aliphatic carboxylic acids is 1. The molecule has 0 atom stereocenters. The Morgan fingerprint density at radius 1 is 1.07 bits per heavy atom. The number of aromatic nitrogens is 1. The number of methoxy groups -OCH3 is 1. The molecule has 0 aliphatic heterocycles. The van der Waals surface area contributed by atoms with Crippen LogP contribution < -0.4 is 4.74 Å². The second-order valence-corrected chi connectivity index (χ2v) is 6.10. The van der Waals surface area contributed by atoms with Gasteiger partial charge in [0.1, 0.15) is 5.75 Å². The number of ether oxygens (including phenoxy) is 1. The Hall–Kier alpha value is -1.91. The summed E-state index contributed by atoms with van der Waals surface area (Å²) in [5, 5.41) is 10.5. The number of hydrogen-bond acceptors (Lipinski definition) is 3. The van der Waals surface area contributed by atoms with Crippen molar-refractivity contribution in [3.05, 3.63) is 64.3 Å². The SMILES string of the molecule is COc1ccc2c(c1)c(CC(=O)O)c(C)n2C(=O)c1ccc(Cl)cc1.O.O.O.[Na]. The maximum atomic E-state index is 13.0. The van der Waals surface area contributed by atoms with Gasteiger partial charge in [0.05, 0.1) is 19.0 Å². The van der Waals surface area contributed by atoms with Crippen LogP contribution in [0.1, 0.15) is 21.6 Å². The average Bonchev–Trinajstić information content (AvgIpc) is 2.86. The third-order valence-electron chi connectivity index (χ3n) is 4.16. The van der Waals surface area contributed by atoms with Crippen LogP contribution >= 0.6 is 11.6 Å². The number of carbonyl (C=O) groups excluding carboxylic acids is 1. The number of fused-ring (bicyclic) bond motifs is 1. The molecule has 0 unspecified atom stereocenters. The molecule has 0 saturated heterocycles. The summed E-state index contributed by atoms with van der Waals surface area (Å²) in [7, 11) is 1.54. The van der Waals surface area contributed by atoms with Crippen LogP contribution in [-0.2, 0) is 11.2 Å². The van der Waals surface area contributed by atoms with Crippen molar-refractivity contribution in [2.75, 3.05) is 7.11 Å². The van der Waals surface area contributed by atoms with Gasteiger partial charge in [-0.2, -0.15) is 0 Å². The van der Waals surface area contributed by atoms with Gasteiger partial charge in [0, 0.05) is 51.2 Å². The van der Waals surface area contributed by atoms with E-state index in [-0.39, 0.29) is 58.3 Å². The van der Waals surface area contributed by atoms with Crippen molar-refractivity contribution in [1.82, 2.24) is 4.57 Å². The third kappa shape index (κ3) is 5.80. The molecular weight excluding hydrogens is 413 g/mol. The van der Waals surface area contributed by atoms with E-state index in [0.717, 1.165) is 0 Å². The Morgan fingerprint density at radius 2 is 1.66 bits per heavy atom. The van der Waals surface area contributed by atoms with E-state index in [1.165, 1.54) is 4.57 Å². The number of carboxylic acids is 1. The quantitative estimate of drug-likeness (QED) is 0.607. The van der Waals surface area contributed by atoms with E-state index in [4.69, 9.17) is 16.3 Å². The molecule has 0 fully saturated rings. The molecule has 0 saturated carbocycles. The molecule has 0 bridgehead atoms. The van der Waals surface area contributed by atoms with E-state index in [9.17, 15) is 14.7 Å². The minimum Gasteiger partial charge on any atom is -0.497 e. The first-order chi connectivity index (χ1) is 11.9. The van der Waals surface area contributed by atoms with Crippen molar-refractivity contribution < 1.29 is 35.9 Å². The minimum atomic E-state index is -0.955. The van der Waals surface area contributed by atoms with Gasteiger partial charge < -0.3 is 26.3 Å². The number of benzene rings is 2. The molecule has 0 aliphatic carbocycles. The molecule has 8 nitrogen and oxygen atoms in total. The Bertz CT molecular complexity index is 986. The van der Waals surface area contributed by atoms with E-state index < -0.39 is 5.97 Å². The van der Waals surface area contributed by atoms with Gasteiger partial charge in [-0.25, -0.2) is 0 Å². The van der Waals surface area contributed by atoms with E-state index >= 15 is 0 Å². The zero-order chi connectivity index (χ0) is 18.1. The monoisotopic (exact) mass is 434 g/mol. The molecule has 2 aromatic carbocycles. The summed E-state index contributed by atoms with van der Waals surface area (Å²) in [5.41, 5.74) is 2.32. The Labute approximate surface area is 194 Å². The van der Waals surface area contributed by atoms with Crippen molar-refractivity contribution in [2.24, 2.45) is 0 Å². The van der Waals surface area contributed by atoms with Crippen LogP contribution in [0.4, 0.5) is 0 Å². The summed E-state index contributed by atoms with van der Waals surface area (Å²) in [5.74, 6) is -0.583. The minimum absolute atomic E-state index is 0. The molecule has 3 aromatic rings. The normalized spacial score (nSPS) is 9.34. The van der Waals surface area contributed by atoms with E-state index in [2.05, 4.69) is 0 Å². The summed E-state index contributed by atoms with van der Waals surface area (Å²) >= 11 is 5.89. The number of hydrogen-bond donors (Lipinski definition) is 1. The van der Waals surface area contributed by atoms with Gasteiger partial charge in [-0.05, 0) is 55.0 Å². The smallest absolute Gasteiger partial charge is 0.307 e. The maximum absolute atomic E-state index is 13.0. The maximum Gasteiger partial charge on any atom is 0.307 e. The zero-order valence-corrected chi connectivity index (χ0v) is 19.0. The first kappa shape index (κ1) is 29.3. The number of carbonyl (C=O) groups is 2. The second-order valence-electron chi connectivity index (χ2n) is 5.67. The fourth-order valence-corrected chi connectivity index (χ4v) is 3.07. The van der Waals surface area contributed by atoms with Crippen molar-refractivity contribution in [3.8, 4) is 5.75 Å². The summed E-state index contributed by atoms with van der Waals surface area (Å²) < 4.78 is 6.77. The topological polar surface area (TPSA) is 163 Å². The van der Waals surface area contributed by atoms with Crippen LogP contribution in [0.3, 0.4) is 0 Å². The predicted octanol–water partition coefficient (Wildman–Crippen LogP) is 1.07. The van der Waals surface area contributed by atoms with Crippen molar-refractivity contribution in [2.45, 2.75) is 13.3 Å². The van der Waals surface area contributed by atoms with E-state index in [0.29, 0.717) is 38.5 Å². The summed E-state index contributed by atoms with van der Waals surface area (Å²) in [6.45, 7) is 1.75. The molecule has 153 valence electrons. The molecule has 3 rings (SSSR count). The molecule has 1 radical (unpaired) electrons. The molecule has 10 heteroatoms. The van der Waals surface area contributed by atoms with Crippen molar-refractivity contribution in [1.29, 1.82) is 0 Å². The fraction of sp³-hybridized carbons (Fsp3) is 0.158. The first-order valence-corrected chi connectivity index (χ1v) is 8.00. The molecular formula is C19H22ClNNaO7. The number of nitrogens with zero attached hydrogens (tertiary/aromatic N) is 1. The van der Waals surface area contributed by atoms with Crippen LogP contribution in [0, 0.1) is 6.92 Å². The van der Waals surface area contributed by atoms with Gasteiger partial charge in [0.2, 0.25) is 0 Å². The number of rotatable bonds is 4. The second kappa shape index (κ2) is 11.9. The Kier molecular flexibility index (Phi) is 12.1. The number of halogens is 1. The molecule has 7 N–H and O–H groups in total. The summed E-state index contributed by atoms with van der Waals surface area (Å²) in [6.07, 6.45) is -0.170. The van der Waals surface area contributed by atoms with Gasteiger partial charge in [0.15, 0.2) is 0 Å². The first-order valence-electron chi connectivity index (χ1n) is 7.62. The third-order valence-corrected chi connectivity index (χ3v) is 4.42. The standard InChI is InChI=1S/C19H16ClNO4.Na.3H2O/c1-11-15(10-18(22)23)16-9-14(25-2)7-8-17(16)21(11)19(24)12-3-5-13(20)6-4-12;;;;/h3-9H,10H2,1-2H3,(H,22,23);;3*1H2. The summed E-state index contributed by atoms with van der Waals surface area (Å²) in [6, 6.07) is 11.9. The molecule has 1 heterocycles. The fourth-order valence-electron chi connectivity index (χ4n) is 2.95. The van der Waals surface area contributed by atoms with Gasteiger partial charge in [-0.15, -0.1) is 0 Å². The molecule has 29 heavy (non-hydrogen) atoms. The molecule has 0 amide bonds. The van der Waals surface area contributed by atoms with Gasteiger partial charge in [0.25, 0.3) is 5.91 Å². The van der Waals surface area contributed by atoms with Crippen LogP contribution in [0.25, 0.3) is 10.9 Å². The van der Waals surface area contributed by atoms with Gasteiger partial charge >= 0.3 is 5.97 Å². The van der Waals surface area contributed by atoms with E-state index in [1.54, 1.807) is 56.5 Å².